The van der Waals surface area contributed by atoms with Crippen molar-refractivity contribution < 1.29 is 14.3 Å². The number of carbonyl (C=O) groups is 2. The number of nitrogens with two attached hydrogens (primary N) is 1. The smallest absolute Gasteiger partial charge is 0.404 e. The highest BCUT2D eigenvalue weighted by molar-refractivity contribution is 5.76. The van der Waals surface area contributed by atoms with E-state index in [2.05, 4.69) is 22.2 Å². The van der Waals surface area contributed by atoms with Crippen LogP contribution >= 0.6 is 0 Å². The average molecular weight is 212 g/mol. The van der Waals surface area contributed by atoms with Gasteiger partial charge in [0.15, 0.2) is 0 Å². The van der Waals surface area contributed by atoms with Crippen molar-refractivity contribution in [3.05, 3.63) is 12.2 Å². The zero-order valence-electron chi connectivity index (χ0n) is 8.57. The van der Waals surface area contributed by atoms with Crippen molar-refractivity contribution in [3.63, 3.8) is 0 Å². The van der Waals surface area contributed by atoms with E-state index in [1.807, 2.05) is 0 Å². The quantitative estimate of drug-likeness (QED) is 0.516. The highest BCUT2D eigenvalue weighted by Crippen LogP contribution is 2.19. The number of amides is 2. The lowest BCUT2D eigenvalue weighted by Crippen LogP contribution is -2.29. The molecule has 5 heteroatoms. The van der Waals surface area contributed by atoms with E-state index in [9.17, 15) is 9.59 Å². The SMILES string of the molecule is NC(=O)OCCNC(=O)C[C@H]1C=CCC1. The molecule has 0 saturated carbocycles. The minimum absolute atomic E-state index is 0.0142. The zero-order valence-corrected chi connectivity index (χ0v) is 8.57. The van der Waals surface area contributed by atoms with Gasteiger partial charge in [0, 0.05) is 6.42 Å². The van der Waals surface area contributed by atoms with E-state index in [-0.39, 0.29) is 12.5 Å². The molecule has 0 spiro atoms. The number of primary amides is 1. The minimum atomic E-state index is -0.817. The molecule has 1 atom stereocenters. The highest BCUT2D eigenvalue weighted by atomic mass is 16.5. The van der Waals surface area contributed by atoms with E-state index in [1.54, 1.807) is 0 Å². The molecule has 3 N–H and O–H groups in total. The number of rotatable bonds is 5. The molecular formula is C10H16N2O3. The van der Waals surface area contributed by atoms with E-state index in [4.69, 9.17) is 5.73 Å². The van der Waals surface area contributed by atoms with Gasteiger partial charge in [-0.3, -0.25) is 4.79 Å². The Morgan fingerprint density at radius 1 is 1.53 bits per heavy atom. The Morgan fingerprint density at radius 2 is 2.33 bits per heavy atom. The second-order valence-corrected chi connectivity index (χ2v) is 3.49. The molecule has 0 unspecified atom stereocenters. The van der Waals surface area contributed by atoms with Gasteiger partial charge >= 0.3 is 6.09 Å². The van der Waals surface area contributed by atoms with E-state index < -0.39 is 6.09 Å². The van der Waals surface area contributed by atoms with E-state index >= 15 is 0 Å². The molecule has 15 heavy (non-hydrogen) atoms. The fourth-order valence-corrected chi connectivity index (χ4v) is 1.52. The van der Waals surface area contributed by atoms with Crippen molar-refractivity contribution in [2.24, 2.45) is 11.7 Å². The number of hydrogen-bond acceptors (Lipinski definition) is 3. The van der Waals surface area contributed by atoms with Gasteiger partial charge in [-0.15, -0.1) is 0 Å². The summed E-state index contributed by atoms with van der Waals surface area (Å²) < 4.78 is 4.47. The first kappa shape index (κ1) is 11.6. The lowest BCUT2D eigenvalue weighted by atomic mass is 10.1. The first-order valence-corrected chi connectivity index (χ1v) is 5.04. The van der Waals surface area contributed by atoms with Crippen molar-refractivity contribution in [2.75, 3.05) is 13.2 Å². The van der Waals surface area contributed by atoms with Crippen LogP contribution in [0.2, 0.25) is 0 Å². The maximum Gasteiger partial charge on any atom is 0.404 e. The van der Waals surface area contributed by atoms with Crippen LogP contribution in [0.1, 0.15) is 19.3 Å². The second-order valence-electron chi connectivity index (χ2n) is 3.49. The standard InChI is InChI=1S/C10H16N2O3/c11-10(14)15-6-5-12-9(13)7-8-3-1-2-4-8/h1,3,8H,2,4-7H2,(H2,11,14)(H,12,13)/t8-/m0/s1. The molecule has 0 aliphatic heterocycles. The Morgan fingerprint density at radius 3 is 2.93 bits per heavy atom. The number of ether oxygens (including phenoxy) is 1. The third-order valence-electron chi connectivity index (χ3n) is 2.23. The fourth-order valence-electron chi connectivity index (χ4n) is 1.52. The van der Waals surface area contributed by atoms with Crippen molar-refractivity contribution in [1.82, 2.24) is 5.32 Å². The minimum Gasteiger partial charge on any atom is -0.448 e. The van der Waals surface area contributed by atoms with Crippen molar-refractivity contribution in [3.8, 4) is 0 Å². The summed E-state index contributed by atoms with van der Waals surface area (Å²) in [5.74, 6) is 0.349. The maximum absolute atomic E-state index is 11.3. The predicted molar refractivity (Wildman–Crippen MR) is 55.0 cm³/mol. The molecule has 0 heterocycles. The monoisotopic (exact) mass is 212 g/mol. The molecule has 0 bridgehead atoms. The maximum atomic E-state index is 11.3. The van der Waals surface area contributed by atoms with Gasteiger partial charge in [-0.1, -0.05) is 12.2 Å². The van der Waals surface area contributed by atoms with Crippen molar-refractivity contribution >= 4 is 12.0 Å². The van der Waals surface area contributed by atoms with Crippen LogP contribution in [0.15, 0.2) is 12.2 Å². The number of allylic oxidation sites excluding steroid dienone is 2. The Bertz CT molecular complexity index is 263. The zero-order chi connectivity index (χ0) is 11.1. The molecule has 0 aromatic rings. The first-order chi connectivity index (χ1) is 7.18. The van der Waals surface area contributed by atoms with Crippen LogP contribution < -0.4 is 11.1 Å². The van der Waals surface area contributed by atoms with E-state index in [0.29, 0.717) is 18.9 Å². The Kier molecular flexibility index (Phi) is 4.66. The molecule has 1 aliphatic carbocycles. The van der Waals surface area contributed by atoms with Crippen LogP contribution in [-0.2, 0) is 9.53 Å². The molecule has 0 radical (unpaired) electrons. The van der Waals surface area contributed by atoms with Gasteiger partial charge in [0.1, 0.15) is 6.61 Å². The number of hydrogen-bond donors (Lipinski definition) is 2. The first-order valence-electron chi connectivity index (χ1n) is 5.04. The Hall–Kier alpha value is -1.52. The number of carbonyl (C=O) groups excluding carboxylic acids is 2. The summed E-state index contributed by atoms with van der Waals surface area (Å²) in [5, 5.41) is 2.66. The summed E-state index contributed by atoms with van der Waals surface area (Å²) in [6.07, 6.45) is 5.96. The van der Waals surface area contributed by atoms with Gasteiger partial charge in [0.25, 0.3) is 0 Å². The van der Waals surface area contributed by atoms with Gasteiger partial charge < -0.3 is 15.8 Å². The predicted octanol–water partition coefficient (Wildman–Crippen LogP) is 0.554. The normalized spacial score (nSPS) is 18.8. The molecule has 0 aromatic heterocycles. The van der Waals surface area contributed by atoms with Crippen LogP contribution in [0.25, 0.3) is 0 Å². The second kappa shape index (κ2) is 6.06. The van der Waals surface area contributed by atoms with Crippen molar-refractivity contribution in [1.29, 1.82) is 0 Å². The fraction of sp³-hybridized carbons (Fsp3) is 0.600. The summed E-state index contributed by atoms with van der Waals surface area (Å²) >= 11 is 0. The summed E-state index contributed by atoms with van der Waals surface area (Å²) in [7, 11) is 0. The molecule has 0 fully saturated rings. The van der Waals surface area contributed by atoms with Crippen LogP contribution in [0.4, 0.5) is 4.79 Å². The topological polar surface area (TPSA) is 81.4 Å². The lowest BCUT2D eigenvalue weighted by Gasteiger charge is -2.08. The van der Waals surface area contributed by atoms with Gasteiger partial charge in [0.2, 0.25) is 5.91 Å². The molecule has 84 valence electrons. The van der Waals surface area contributed by atoms with Crippen molar-refractivity contribution in [2.45, 2.75) is 19.3 Å². The van der Waals surface area contributed by atoms with Gasteiger partial charge in [-0.05, 0) is 18.8 Å². The van der Waals surface area contributed by atoms with E-state index in [1.165, 1.54) is 0 Å². The van der Waals surface area contributed by atoms with Crippen LogP contribution in [0, 0.1) is 5.92 Å². The van der Waals surface area contributed by atoms with Crippen LogP contribution in [0.5, 0.6) is 0 Å². The number of nitrogens with one attached hydrogen (secondary N) is 1. The van der Waals surface area contributed by atoms with E-state index in [0.717, 1.165) is 12.8 Å². The van der Waals surface area contributed by atoms with Crippen LogP contribution in [-0.4, -0.2) is 25.2 Å². The lowest BCUT2D eigenvalue weighted by molar-refractivity contribution is -0.121. The Balaban J connectivity index is 2.03. The molecular weight excluding hydrogens is 196 g/mol. The third kappa shape index (κ3) is 5.05. The average Bonchev–Trinajstić information content (AvgIpc) is 2.64. The summed E-state index contributed by atoms with van der Waals surface area (Å²) in [4.78, 5) is 21.5. The molecule has 2 amide bonds. The molecule has 5 nitrogen and oxygen atoms in total. The molecule has 0 aromatic carbocycles. The van der Waals surface area contributed by atoms with Gasteiger partial charge in [0.05, 0.1) is 6.54 Å². The third-order valence-corrected chi connectivity index (χ3v) is 2.23. The molecule has 1 rings (SSSR count). The highest BCUT2D eigenvalue weighted by Gasteiger charge is 2.13. The summed E-state index contributed by atoms with van der Waals surface area (Å²) in [6, 6.07) is 0. The molecule has 0 saturated heterocycles. The van der Waals surface area contributed by atoms with Gasteiger partial charge in [-0.25, -0.2) is 4.79 Å². The van der Waals surface area contributed by atoms with Crippen LogP contribution in [0.3, 0.4) is 0 Å². The Labute approximate surface area is 88.7 Å². The summed E-state index contributed by atoms with van der Waals surface area (Å²) in [5.41, 5.74) is 4.76. The molecule has 1 aliphatic rings. The van der Waals surface area contributed by atoms with Gasteiger partial charge in [-0.2, -0.15) is 0 Å². The largest absolute Gasteiger partial charge is 0.448 e. The summed E-state index contributed by atoms with van der Waals surface area (Å²) in [6.45, 7) is 0.444.